The van der Waals surface area contributed by atoms with Crippen molar-refractivity contribution in [2.45, 2.75) is 9.92 Å². The summed E-state index contributed by atoms with van der Waals surface area (Å²) < 4.78 is 25.8. The summed E-state index contributed by atoms with van der Waals surface area (Å²) in [7, 11) is -3.68. The topological polar surface area (TPSA) is 59.9 Å². The van der Waals surface area contributed by atoms with E-state index in [1.165, 1.54) is 18.3 Å². The van der Waals surface area contributed by atoms with Gasteiger partial charge in [0.1, 0.15) is 0 Å². The zero-order valence-corrected chi connectivity index (χ0v) is 13.7. The lowest BCUT2D eigenvalue weighted by molar-refractivity contribution is 0.592. The van der Waals surface area contributed by atoms with Crippen molar-refractivity contribution in [3.05, 3.63) is 58.2 Å². The lowest BCUT2D eigenvalue weighted by atomic mass is 10.3. The van der Waals surface area contributed by atoms with Gasteiger partial charge in [0.05, 0.1) is 22.1 Å². The fraction of sp³-hybridized carbons (Fsp3) is 0. The quantitative estimate of drug-likeness (QED) is 0.674. The zero-order chi connectivity index (χ0) is 15.0. The van der Waals surface area contributed by atoms with Crippen molar-refractivity contribution in [2.75, 3.05) is 0 Å². The molecule has 0 bridgehead atoms. The predicted octanol–water partition coefficient (Wildman–Crippen LogP) is 3.88. The molecule has 1 aromatic heterocycles. The summed E-state index contributed by atoms with van der Waals surface area (Å²) in [6.07, 6.45) is 1.25. The summed E-state index contributed by atoms with van der Waals surface area (Å²) in [5, 5.41) is 0.444. The summed E-state index contributed by atoms with van der Waals surface area (Å²) in [4.78, 5) is 8.46. The van der Waals surface area contributed by atoms with Gasteiger partial charge in [0, 0.05) is 9.50 Å². The first kappa shape index (κ1) is 14.4. The molecule has 0 radical (unpaired) electrons. The first-order valence-corrected chi connectivity index (χ1v) is 8.55. The molecule has 7 heteroatoms. The van der Waals surface area contributed by atoms with Crippen LogP contribution in [0.5, 0.6) is 0 Å². The molecule has 0 N–H and O–H groups in total. The van der Waals surface area contributed by atoms with Crippen molar-refractivity contribution in [2.24, 2.45) is 0 Å². The Bertz CT molecular complexity index is 927. The number of fused-ring (bicyclic) bond motifs is 1. The van der Waals surface area contributed by atoms with Crippen LogP contribution in [0.1, 0.15) is 0 Å². The number of rotatable bonds is 2. The van der Waals surface area contributed by atoms with Crippen LogP contribution in [0.15, 0.2) is 63.1 Å². The van der Waals surface area contributed by atoms with Gasteiger partial charge in [-0.15, -0.1) is 0 Å². The minimum Gasteiger partial charge on any atom is -0.252 e. The molecular weight excluding hydrogens is 376 g/mol. The molecule has 0 spiro atoms. The predicted molar refractivity (Wildman–Crippen MR) is 84.1 cm³/mol. The zero-order valence-electron chi connectivity index (χ0n) is 10.5. The Kier molecular flexibility index (Phi) is 3.69. The number of hydrogen-bond acceptors (Lipinski definition) is 4. The van der Waals surface area contributed by atoms with Crippen molar-refractivity contribution in [3.8, 4) is 0 Å². The third-order valence-corrected chi connectivity index (χ3v) is 5.29. The Hall–Kier alpha value is -1.50. The first-order valence-electron chi connectivity index (χ1n) is 5.90. The molecule has 21 heavy (non-hydrogen) atoms. The summed E-state index contributed by atoms with van der Waals surface area (Å²) >= 11 is 9.14. The molecule has 0 saturated carbocycles. The second-order valence-electron chi connectivity index (χ2n) is 4.30. The third-order valence-electron chi connectivity index (χ3n) is 2.88. The van der Waals surface area contributed by atoms with Gasteiger partial charge in [0.15, 0.2) is 5.03 Å². The molecule has 4 nitrogen and oxygen atoms in total. The lowest BCUT2D eigenvalue weighted by Gasteiger charge is -2.05. The number of sulfone groups is 1. The highest BCUT2D eigenvalue weighted by Gasteiger charge is 2.20. The van der Waals surface area contributed by atoms with Gasteiger partial charge in [-0.1, -0.05) is 27.5 Å². The fourth-order valence-corrected chi connectivity index (χ4v) is 3.41. The third kappa shape index (κ3) is 2.79. The number of nitrogens with zero attached hydrogens (tertiary/aromatic N) is 2. The molecule has 0 amide bonds. The summed E-state index contributed by atoms with van der Waals surface area (Å²) in [5.41, 5.74) is 1.04. The lowest BCUT2D eigenvalue weighted by Crippen LogP contribution is -2.05. The molecule has 0 aliphatic heterocycles. The van der Waals surface area contributed by atoms with E-state index in [1.54, 1.807) is 30.3 Å². The van der Waals surface area contributed by atoms with Crippen LogP contribution < -0.4 is 0 Å². The smallest absolute Gasteiger partial charge is 0.225 e. The maximum atomic E-state index is 12.5. The minimum absolute atomic E-state index is 0.0837. The van der Waals surface area contributed by atoms with Gasteiger partial charge in [-0.05, 0) is 42.5 Å². The van der Waals surface area contributed by atoms with Gasteiger partial charge in [-0.2, -0.15) is 0 Å². The molecule has 0 unspecified atom stereocenters. The van der Waals surface area contributed by atoms with Crippen molar-refractivity contribution < 1.29 is 8.42 Å². The standard InChI is InChI=1S/C14H8BrClN2O2S/c15-9-1-4-11(5-2-9)21(19,20)14-8-17-13-7-10(16)3-6-12(13)18-14/h1-8H. The molecule has 0 fully saturated rings. The van der Waals surface area contributed by atoms with E-state index < -0.39 is 9.84 Å². The van der Waals surface area contributed by atoms with Crippen LogP contribution in [-0.2, 0) is 9.84 Å². The fourth-order valence-electron chi connectivity index (χ4n) is 1.83. The van der Waals surface area contributed by atoms with E-state index in [1.807, 2.05) is 0 Å². The Morgan fingerprint density at radius 1 is 1.00 bits per heavy atom. The molecule has 2 aromatic carbocycles. The van der Waals surface area contributed by atoms with E-state index in [9.17, 15) is 8.42 Å². The Balaban J connectivity index is 2.14. The highest BCUT2D eigenvalue weighted by molar-refractivity contribution is 9.10. The highest BCUT2D eigenvalue weighted by atomic mass is 79.9. The summed E-state index contributed by atoms with van der Waals surface area (Å²) in [6.45, 7) is 0. The second kappa shape index (κ2) is 5.36. The van der Waals surface area contributed by atoms with Crippen LogP contribution in [0.25, 0.3) is 11.0 Å². The van der Waals surface area contributed by atoms with E-state index in [4.69, 9.17) is 11.6 Å². The SMILES string of the molecule is O=S(=O)(c1ccc(Br)cc1)c1cnc2cc(Cl)ccc2n1. The Morgan fingerprint density at radius 2 is 1.71 bits per heavy atom. The second-order valence-corrected chi connectivity index (χ2v) is 7.55. The van der Waals surface area contributed by atoms with Crippen molar-refractivity contribution in [3.63, 3.8) is 0 Å². The van der Waals surface area contributed by atoms with Gasteiger partial charge in [-0.25, -0.2) is 13.4 Å². The number of halogens is 2. The normalized spacial score (nSPS) is 11.7. The molecular formula is C14H8BrClN2O2S. The van der Waals surface area contributed by atoms with Crippen LogP contribution in [0.4, 0.5) is 0 Å². The van der Waals surface area contributed by atoms with Crippen LogP contribution in [0.2, 0.25) is 5.02 Å². The molecule has 0 saturated heterocycles. The monoisotopic (exact) mass is 382 g/mol. The Morgan fingerprint density at radius 3 is 2.43 bits per heavy atom. The van der Waals surface area contributed by atoms with Crippen LogP contribution in [0.3, 0.4) is 0 Å². The molecule has 0 aliphatic rings. The van der Waals surface area contributed by atoms with Gasteiger partial charge in [-0.3, -0.25) is 4.98 Å². The molecule has 1 heterocycles. The van der Waals surface area contributed by atoms with E-state index in [0.29, 0.717) is 16.1 Å². The minimum atomic E-state index is -3.68. The van der Waals surface area contributed by atoms with Crippen molar-refractivity contribution in [1.82, 2.24) is 9.97 Å². The molecule has 106 valence electrons. The van der Waals surface area contributed by atoms with E-state index in [0.717, 1.165) is 4.47 Å². The first-order chi connectivity index (χ1) is 9.96. The maximum absolute atomic E-state index is 12.5. The van der Waals surface area contributed by atoms with Crippen molar-refractivity contribution >= 4 is 48.4 Å². The van der Waals surface area contributed by atoms with E-state index in [-0.39, 0.29) is 9.92 Å². The van der Waals surface area contributed by atoms with E-state index >= 15 is 0 Å². The largest absolute Gasteiger partial charge is 0.252 e. The molecule has 3 aromatic rings. The van der Waals surface area contributed by atoms with Gasteiger partial charge in [0.2, 0.25) is 9.84 Å². The summed E-state index contributed by atoms with van der Waals surface area (Å²) in [6, 6.07) is 11.3. The van der Waals surface area contributed by atoms with Crippen LogP contribution >= 0.6 is 27.5 Å². The van der Waals surface area contributed by atoms with Crippen LogP contribution in [0, 0.1) is 0 Å². The highest BCUT2D eigenvalue weighted by Crippen LogP contribution is 2.23. The van der Waals surface area contributed by atoms with Gasteiger partial charge >= 0.3 is 0 Å². The van der Waals surface area contributed by atoms with Crippen LogP contribution in [-0.4, -0.2) is 18.4 Å². The Labute approximate surface area is 134 Å². The number of aromatic nitrogens is 2. The van der Waals surface area contributed by atoms with Gasteiger partial charge < -0.3 is 0 Å². The van der Waals surface area contributed by atoms with E-state index in [2.05, 4.69) is 25.9 Å². The van der Waals surface area contributed by atoms with Gasteiger partial charge in [0.25, 0.3) is 0 Å². The molecule has 0 atom stereocenters. The van der Waals surface area contributed by atoms with Crippen molar-refractivity contribution in [1.29, 1.82) is 0 Å². The molecule has 0 aliphatic carbocycles. The summed E-state index contributed by atoms with van der Waals surface area (Å²) in [5.74, 6) is 0. The molecule has 3 rings (SSSR count). The average molecular weight is 384 g/mol. The maximum Gasteiger partial charge on any atom is 0.225 e. The average Bonchev–Trinajstić information content (AvgIpc) is 2.47. The number of hydrogen-bond donors (Lipinski definition) is 0. The number of benzene rings is 2.